The SMILES string of the molecule is CC1(C)CN(CCCc2ccccc2)CC(CN)O1. The average molecular weight is 262 g/mol. The highest BCUT2D eigenvalue weighted by Crippen LogP contribution is 2.20. The molecule has 19 heavy (non-hydrogen) atoms. The van der Waals surface area contributed by atoms with E-state index in [-0.39, 0.29) is 11.7 Å². The minimum Gasteiger partial charge on any atom is -0.368 e. The van der Waals surface area contributed by atoms with Crippen LogP contribution in [0, 0.1) is 0 Å². The van der Waals surface area contributed by atoms with Crippen molar-refractivity contribution in [3.05, 3.63) is 35.9 Å². The average Bonchev–Trinajstić information content (AvgIpc) is 2.38. The third-order valence-electron chi connectivity index (χ3n) is 3.60. The van der Waals surface area contributed by atoms with E-state index in [2.05, 4.69) is 49.1 Å². The van der Waals surface area contributed by atoms with Gasteiger partial charge in [-0.3, -0.25) is 4.90 Å². The van der Waals surface area contributed by atoms with Crippen molar-refractivity contribution in [3.8, 4) is 0 Å². The van der Waals surface area contributed by atoms with Gasteiger partial charge in [0, 0.05) is 19.6 Å². The molecule has 1 heterocycles. The van der Waals surface area contributed by atoms with Crippen molar-refractivity contribution in [3.63, 3.8) is 0 Å². The molecule has 1 aromatic rings. The molecule has 106 valence electrons. The van der Waals surface area contributed by atoms with Gasteiger partial charge in [-0.2, -0.15) is 0 Å². The van der Waals surface area contributed by atoms with Crippen molar-refractivity contribution >= 4 is 0 Å². The molecule has 0 spiro atoms. The Morgan fingerprint density at radius 3 is 2.74 bits per heavy atom. The Hall–Kier alpha value is -0.900. The molecule has 0 bridgehead atoms. The Bertz CT molecular complexity index is 378. The van der Waals surface area contributed by atoms with Crippen molar-refractivity contribution in [2.45, 2.75) is 38.4 Å². The summed E-state index contributed by atoms with van der Waals surface area (Å²) in [6, 6.07) is 10.7. The number of hydrogen-bond acceptors (Lipinski definition) is 3. The molecule has 1 saturated heterocycles. The van der Waals surface area contributed by atoms with Crippen LogP contribution >= 0.6 is 0 Å². The molecule has 0 saturated carbocycles. The zero-order valence-electron chi connectivity index (χ0n) is 12.1. The van der Waals surface area contributed by atoms with Gasteiger partial charge in [-0.15, -0.1) is 0 Å². The number of rotatable bonds is 5. The minimum atomic E-state index is -0.0744. The lowest BCUT2D eigenvalue weighted by molar-refractivity contribution is -0.131. The molecule has 2 rings (SSSR count). The highest BCUT2D eigenvalue weighted by Gasteiger charge is 2.32. The molecular weight excluding hydrogens is 236 g/mol. The Morgan fingerprint density at radius 1 is 1.32 bits per heavy atom. The second kappa shape index (κ2) is 6.51. The number of nitrogens with two attached hydrogens (primary N) is 1. The molecule has 1 unspecified atom stereocenters. The van der Waals surface area contributed by atoms with Crippen LogP contribution in [0.5, 0.6) is 0 Å². The molecule has 1 aliphatic rings. The molecule has 3 nitrogen and oxygen atoms in total. The van der Waals surface area contributed by atoms with E-state index >= 15 is 0 Å². The van der Waals surface area contributed by atoms with Crippen molar-refractivity contribution in [2.24, 2.45) is 5.73 Å². The molecule has 2 N–H and O–H groups in total. The topological polar surface area (TPSA) is 38.5 Å². The molecule has 0 aromatic heterocycles. The summed E-state index contributed by atoms with van der Waals surface area (Å²) < 4.78 is 5.95. The van der Waals surface area contributed by atoms with Gasteiger partial charge in [0.15, 0.2) is 0 Å². The number of benzene rings is 1. The summed E-state index contributed by atoms with van der Waals surface area (Å²) in [5.41, 5.74) is 7.10. The zero-order chi connectivity index (χ0) is 13.7. The third-order valence-corrected chi connectivity index (χ3v) is 3.60. The van der Waals surface area contributed by atoms with Gasteiger partial charge in [0.25, 0.3) is 0 Å². The second-order valence-electron chi connectivity index (χ2n) is 6.06. The van der Waals surface area contributed by atoms with Crippen molar-refractivity contribution < 1.29 is 4.74 Å². The lowest BCUT2D eigenvalue weighted by atomic mass is 10.0. The van der Waals surface area contributed by atoms with E-state index in [0.29, 0.717) is 6.54 Å². The van der Waals surface area contributed by atoms with Crippen molar-refractivity contribution in [2.75, 3.05) is 26.2 Å². The maximum absolute atomic E-state index is 5.95. The van der Waals surface area contributed by atoms with Gasteiger partial charge in [0.2, 0.25) is 0 Å². The van der Waals surface area contributed by atoms with Crippen LogP contribution in [0.2, 0.25) is 0 Å². The normalized spacial score (nSPS) is 23.4. The smallest absolute Gasteiger partial charge is 0.0831 e. The van der Waals surface area contributed by atoms with Crippen LogP contribution in [-0.4, -0.2) is 42.8 Å². The Morgan fingerprint density at radius 2 is 2.05 bits per heavy atom. The molecule has 1 aliphatic heterocycles. The zero-order valence-corrected chi connectivity index (χ0v) is 12.1. The number of ether oxygens (including phenoxy) is 1. The van der Waals surface area contributed by atoms with Crippen LogP contribution in [-0.2, 0) is 11.2 Å². The molecule has 3 heteroatoms. The van der Waals surface area contributed by atoms with E-state index in [1.165, 1.54) is 12.0 Å². The van der Waals surface area contributed by atoms with Crippen LogP contribution in [0.4, 0.5) is 0 Å². The lowest BCUT2D eigenvalue weighted by Gasteiger charge is -2.42. The van der Waals surface area contributed by atoms with Crippen LogP contribution in [0.25, 0.3) is 0 Å². The predicted molar refractivity (Wildman–Crippen MR) is 79.2 cm³/mol. The Balaban J connectivity index is 1.79. The number of aryl methyl sites for hydroxylation is 1. The van der Waals surface area contributed by atoms with Gasteiger partial charge in [0.1, 0.15) is 0 Å². The first kappa shape index (κ1) is 14.5. The summed E-state index contributed by atoms with van der Waals surface area (Å²) in [5.74, 6) is 0. The summed E-state index contributed by atoms with van der Waals surface area (Å²) in [7, 11) is 0. The Kier molecular flexibility index (Phi) is 4.97. The Labute approximate surface area is 116 Å². The molecular formula is C16H26N2O. The van der Waals surface area contributed by atoms with Crippen molar-refractivity contribution in [1.29, 1.82) is 0 Å². The number of morpholine rings is 1. The monoisotopic (exact) mass is 262 g/mol. The van der Waals surface area contributed by atoms with E-state index in [1.54, 1.807) is 0 Å². The first-order chi connectivity index (χ1) is 9.09. The summed E-state index contributed by atoms with van der Waals surface area (Å²) in [6.07, 6.45) is 2.52. The molecule has 1 fully saturated rings. The fraction of sp³-hybridized carbons (Fsp3) is 0.625. The number of hydrogen-bond donors (Lipinski definition) is 1. The lowest BCUT2D eigenvalue weighted by Crippen LogP contribution is -2.54. The molecule has 0 aliphatic carbocycles. The summed E-state index contributed by atoms with van der Waals surface area (Å²) in [4.78, 5) is 2.49. The summed E-state index contributed by atoms with van der Waals surface area (Å²) in [5, 5.41) is 0. The molecule has 0 amide bonds. The minimum absolute atomic E-state index is 0.0744. The standard InChI is InChI=1S/C16H26N2O/c1-16(2)13-18(12-15(11-17)19-16)10-6-9-14-7-4-3-5-8-14/h3-5,7-8,15H,6,9-13,17H2,1-2H3. The first-order valence-corrected chi connectivity index (χ1v) is 7.23. The quantitative estimate of drug-likeness (QED) is 0.882. The van der Waals surface area contributed by atoms with E-state index in [1.807, 2.05) is 0 Å². The van der Waals surface area contributed by atoms with Gasteiger partial charge in [-0.1, -0.05) is 30.3 Å². The van der Waals surface area contributed by atoms with E-state index in [4.69, 9.17) is 10.5 Å². The first-order valence-electron chi connectivity index (χ1n) is 7.23. The van der Waals surface area contributed by atoms with Crippen LogP contribution in [0.15, 0.2) is 30.3 Å². The summed E-state index contributed by atoms with van der Waals surface area (Å²) >= 11 is 0. The predicted octanol–water partition coefficient (Wildman–Crippen LogP) is 2.06. The highest BCUT2D eigenvalue weighted by atomic mass is 16.5. The van der Waals surface area contributed by atoms with E-state index in [9.17, 15) is 0 Å². The fourth-order valence-electron chi connectivity index (χ4n) is 2.86. The molecule has 1 atom stereocenters. The maximum Gasteiger partial charge on any atom is 0.0831 e. The van der Waals surface area contributed by atoms with Gasteiger partial charge in [0.05, 0.1) is 11.7 Å². The molecule has 0 radical (unpaired) electrons. The van der Waals surface area contributed by atoms with Crippen LogP contribution in [0.3, 0.4) is 0 Å². The second-order valence-corrected chi connectivity index (χ2v) is 6.06. The van der Waals surface area contributed by atoms with E-state index < -0.39 is 0 Å². The highest BCUT2D eigenvalue weighted by molar-refractivity contribution is 5.14. The summed E-state index contributed by atoms with van der Waals surface area (Å²) in [6.45, 7) is 8.00. The third kappa shape index (κ3) is 4.60. The van der Waals surface area contributed by atoms with Crippen molar-refractivity contribution in [1.82, 2.24) is 4.90 Å². The maximum atomic E-state index is 5.95. The van der Waals surface area contributed by atoms with Crippen LogP contribution < -0.4 is 5.73 Å². The largest absolute Gasteiger partial charge is 0.368 e. The van der Waals surface area contributed by atoms with Gasteiger partial charge >= 0.3 is 0 Å². The number of nitrogens with zero attached hydrogens (tertiary/aromatic N) is 1. The van der Waals surface area contributed by atoms with Crippen LogP contribution in [0.1, 0.15) is 25.8 Å². The fourth-order valence-corrected chi connectivity index (χ4v) is 2.86. The van der Waals surface area contributed by atoms with Gasteiger partial charge in [-0.25, -0.2) is 0 Å². The van der Waals surface area contributed by atoms with E-state index in [0.717, 1.165) is 26.1 Å². The van der Waals surface area contributed by atoms with Gasteiger partial charge < -0.3 is 10.5 Å². The molecule has 1 aromatic carbocycles. The van der Waals surface area contributed by atoms with Gasteiger partial charge in [-0.05, 0) is 38.8 Å².